The van der Waals surface area contributed by atoms with Gasteiger partial charge in [-0.25, -0.2) is 0 Å². The van der Waals surface area contributed by atoms with Crippen molar-refractivity contribution < 1.29 is 0 Å². The minimum absolute atomic E-state index is 0.643. The Morgan fingerprint density at radius 1 is 1.27 bits per heavy atom. The van der Waals surface area contributed by atoms with Crippen LogP contribution >= 0.6 is 23.5 Å². The summed E-state index contributed by atoms with van der Waals surface area (Å²) in [5.74, 6) is 1.99. The lowest BCUT2D eigenvalue weighted by molar-refractivity contribution is 0.864. The molecule has 1 aromatic carbocycles. The lowest BCUT2D eigenvalue weighted by Gasteiger charge is -2.09. The molecule has 0 N–H and O–H groups in total. The molecule has 0 aliphatic carbocycles. The second-order valence-electron chi connectivity index (χ2n) is 4.28. The standard InChI is InChI=1S/C13H18S2/c1-10(2)11-5-7-12(8-6-11)15-13-4-3-9-14-13/h5-8,10,13H,3-4,9H2,1-2H3. The Morgan fingerprint density at radius 3 is 2.53 bits per heavy atom. The average Bonchev–Trinajstić information content (AvgIpc) is 2.71. The predicted molar refractivity (Wildman–Crippen MR) is 71.9 cm³/mol. The van der Waals surface area contributed by atoms with Crippen molar-refractivity contribution in [3.05, 3.63) is 29.8 Å². The minimum Gasteiger partial charge on any atom is -0.147 e. The molecular weight excluding hydrogens is 220 g/mol. The summed E-state index contributed by atoms with van der Waals surface area (Å²) in [5, 5.41) is 0. The Kier molecular flexibility index (Phi) is 4.04. The van der Waals surface area contributed by atoms with Gasteiger partial charge < -0.3 is 0 Å². The topological polar surface area (TPSA) is 0 Å². The molecule has 82 valence electrons. The molecule has 0 nitrogen and oxygen atoms in total. The summed E-state index contributed by atoms with van der Waals surface area (Å²) in [4.78, 5) is 1.43. The minimum atomic E-state index is 0.643. The van der Waals surface area contributed by atoms with Gasteiger partial charge in [-0.15, -0.1) is 23.5 Å². The molecule has 0 bridgehead atoms. The van der Waals surface area contributed by atoms with Crippen LogP contribution in [0.5, 0.6) is 0 Å². The second-order valence-corrected chi connectivity index (χ2v) is 7.17. The summed E-state index contributed by atoms with van der Waals surface area (Å²) < 4.78 is 0.801. The zero-order valence-corrected chi connectivity index (χ0v) is 11.0. The molecular formula is C13H18S2. The van der Waals surface area contributed by atoms with E-state index >= 15 is 0 Å². The molecule has 0 amide bonds. The third kappa shape index (κ3) is 3.18. The summed E-state index contributed by atoms with van der Waals surface area (Å²) in [5.41, 5.74) is 1.44. The number of thioether (sulfide) groups is 2. The molecule has 2 rings (SSSR count). The van der Waals surface area contributed by atoms with Crippen LogP contribution in [0.1, 0.15) is 38.2 Å². The molecule has 0 radical (unpaired) electrons. The molecule has 1 heterocycles. The largest absolute Gasteiger partial charge is 0.147 e. The summed E-state index contributed by atoms with van der Waals surface area (Å²) in [6.07, 6.45) is 2.77. The van der Waals surface area contributed by atoms with Gasteiger partial charge in [-0.2, -0.15) is 0 Å². The molecule has 15 heavy (non-hydrogen) atoms. The van der Waals surface area contributed by atoms with Crippen LogP contribution in [-0.4, -0.2) is 10.3 Å². The summed E-state index contributed by atoms with van der Waals surface area (Å²) in [6.45, 7) is 4.49. The zero-order chi connectivity index (χ0) is 10.7. The van der Waals surface area contributed by atoms with E-state index in [4.69, 9.17) is 0 Å². The average molecular weight is 238 g/mol. The van der Waals surface area contributed by atoms with E-state index in [0.717, 1.165) is 4.58 Å². The molecule has 1 atom stereocenters. The van der Waals surface area contributed by atoms with Crippen molar-refractivity contribution in [2.75, 3.05) is 5.75 Å². The maximum atomic E-state index is 2.28. The second kappa shape index (κ2) is 5.31. The molecule has 0 aromatic heterocycles. The maximum Gasteiger partial charge on any atom is 0.0549 e. The third-order valence-corrected chi connectivity index (χ3v) is 5.57. The molecule has 0 spiro atoms. The molecule has 1 aliphatic heterocycles. The number of rotatable bonds is 3. The quantitative estimate of drug-likeness (QED) is 0.745. The van der Waals surface area contributed by atoms with Crippen molar-refractivity contribution in [1.29, 1.82) is 0 Å². The number of hydrogen-bond donors (Lipinski definition) is 0. The van der Waals surface area contributed by atoms with E-state index in [9.17, 15) is 0 Å². The van der Waals surface area contributed by atoms with Crippen LogP contribution in [-0.2, 0) is 0 Å². The van der Waals surface area contributed by atoms with Crippen molar-refractivity contribution >= 4 is 23.5 Å². The first-order chi connectivity index (χ1) is 7.25. The van der Waals surface area contributed by atoms with E-state index in [-0.39, 0.29) is 0 Å². The van der Waals surface area contributed by atoms with Gasteiger partial charge in [0, 0.05) is 4.90 Å². The maximum absolute atomic E-state index is 2.28. The summed E-state index contributed by atoms with van der Waals surface area (Å²) in [6, 6.07) is 9.09. The fourth-order valence-corrected chi connectivity index (χ4v) is 4.43. The molecule has 1 fully saturated rings. The first kappa shape index (κ1) is 11.4. The van der Waals surface area contributed by atoms with Crippen molar-refractivity contribution in [3.63, 3.8) is 0 Å². The molecule has 2 heteroatoms. The Morgan fingerprint density at radius 2 is 2.00 bits per heavy atom. The fraction of sp³-hybridized carbons (Fsp3) is 0.538. The predicted octanol–water partition coefficient (Wildman–Crippen LogP) is 4.76. The van der Waals surface area contributed by atoms with E-state index in [1.165, 1.54) is 29.1 Å². The van der Waals surface area contributed by atoms with Gasteiger partial charge in [0.25, 0.3) is 0 Å². The SMILES string of the molecule is CC(C)c1ccc(SC2CCCS2)cc1. The van der Waals surface area contributed by atoms with Gasteiger partial charge in [-0.3, -0.25) is 0 Å². The lowest BCUT2D eigenvalue weighted by atomic mass is 10.0. The number of benzene rings is 1. The van der Waals surface area contributed by atoms with Crippen LogP contribution in [0.3, 0.4) is 0 Å². The molecule has 1 unspecified atom stereocenters. The van der Waals surface area contributed by atoms with Crippen LogP contribution in [0, 0.1) is 0 Å². The first-order valence-electron chi connectivity index (χ1n) is 5.64. The van der Waals surface area contributed by atoms with E-state index in [1.54, 1.807) is 0 Å². The monoisotopic (exact) mass is 238 g/mol. The summed E-state index contributed by atoms with van der Waals surface area (Å²) in [7, 11) is 0. The zero-order valence-electron chi connectivity index (χ0n) is 9.40. The van der Waals surface area contributed by atoms with Crippen LogP contribution in [0.2, 0.25) is 0 Å². The van der Waals surface area contributed by atoms with Crippen LogP contribution in [0.15, 0.2) is 29.2 Å². The Hall–Kier alpha value is -0.0800. The molecule has 1 aliphatic rings. The van der Waals surface area contributed by atoms with E-state index in [2.05, 4.69) is 49.9 Å². The highest BCUT2D eigenvalue weighted by Gasteiger charge is 2.16. The van der Waals surface area contributed by atoms with Crippen LogP contribution in [0.4, 0.5) is 0 Å². The highest BCUT2D eigenvalue weighted by atomic mass is 32.2. The van der Waals surface area contributed by atoms with Gasteiger partial charge in [0.1, 0.15) is 0 Å². The van der Waals surface area contributed by atoms with Gasteiger partial charge >= 0.3 is 0 Å². The van der Waals surface area contributed by atoms with Gasteiger partial charge in [0.05, 0.1) is 4.58 Å². The highest BCUT2D eigenvalue weighted by molar-refractivity contribution is 8.17. The van der Waals surface area contributed by atoms with Crippen LogP contribution in [0.25, 0.3) is 0 Å². The smallest absolute Gasteiger partial charge is 0.0549 e. The number of hydrogen-bond acceptors (Lipinski definition) is 2. The molecule has 0 saturated carbocycles. The molecule has 1 aromatic rings. The Bertz CT molecular complexity index is 297. The van der Waals surface area contributed by atoms with Crippen LogP contribution < -0.4 is 0 Å². The van der Waals surface area contributed by atoms with Gasteiger partial charge in [0.15, 0.2) is 0 Å². The highest BCUT2D eigenvalue weighted by Crippen LogP contribution is 2.39. The molecule has 1 saturated heterocycles. The first-order valence-corrected chi connectivity index (χ1v) is 7.57. The van der Waals surface area contributed by atoms with Crippen molar-refractivity contribution in [1.82, 2.24) is 0 Å². The van der Waals surface area contributed by atoms with Gasteiger partial charge in [-0.1, -0.05) is 26.0 Å². The van der Waals surface area contributed by atoms with Crippen molar-refractivity contribution in [3.8, 4) is 0 Å². The van der Waals surface area contributed by atoms with E-state index < -0.39 is 0 Å². The Balaban J connectivity index is 1.97. The lowest BCUT2D eigenvalue weighted by Crippen LogP contribution is -1.90. The van der Waals surface area contributed by atoms with E-state index in [0.29, 0.717) is 5.92 Å². The normalized spacial score (nSPS) is 21.1. The van der Waals surface area contributed by atoms with Crippen molar-refractivity contribution in [2.45, 2.75) is 42.1 Å². The Labute approximate surface area is 101 Å². The van der Waals surface area contributed by atoms with Gasteiger partial charge in [0.2, 0.25) is 0 Å². The third-order valence-electron chi connectivity index (χ3n) is 2.70. The van der Waals surface area contributed by atoms with E-state index in [1.807, 2.05) is 11.8 Å². The van der Waals surface area contributed by atoms with Crippen molar-refractivity contribution in [2.24, 2.45) is 0 Å². The van der Waals surface area contributed by atoms with Gasteiger partial charge in [-0.05, 0) is 42.2 Å². The summed E-state index contributed by atoms with van der Waals surface area (Å²) >= 11 is 4.15. The fourth-order valence-electron chi connectivity index (χ4n) is 1.72.